The molecule has 0 aromatic heterocycles. The third-order valence-electron chi connectivity index (χ3n) is 5.72. The van der Waals surface area contributed by atoms with Crippen molar-refractivity contribution in [3.63, 3.8) is 0 Å². The minimum Gasteiger partial charge on any atom is -0.455 e. The zero-order valence-corrected chi connectivity index (χ0v) is 22.3. The molecule has 190 valence electrons. The summed E-state index contributed by atoms with van der Waals surface area (Å²) in [6, 6.07) is 26.0. The van der Waals surface area contributed by atoms with Gasteiger partial charge in [-0.05, 0) is 80.4 Å². The summed E-state index contributed by atoms with van der Waals surface area (Å²) in [7, 11) is -4.05. The molecule has 0 aliphatic rings. The highest BCUT2D eigenvalue weighted by atomic mass is 35.5. The Labute approximate surface area is 222 Å². The molecule has 4 aromatic rings. The number of aryl methyl sites for hydroxylation is 3. The monoisotopic (exact) mass is 534 g/mol. The molecule has 6 nitrogen and oxygen atoms in total. The van der Waals surface area contributed by atoms with Crippen LogP contribution in [-0.2, 0) is 14.8 Å². The van der Waals surface area contributed by atoms with Crippen molar-refractivity contribution in [1.82, 2.24) is 0 Å². The topological polar surface area (TPSA) is 75.7 Å². The van der Waals surface area contributed by atoms with E-state index < -0.39 is 22.5 Å². The molecular formula is C29H27ClN2O4S. The maximum absolute atomic E-state index is 13.8. The highest BCUT2D eigenvalue weighted by Gasteiger charge is 2.29. The van der Waals surface area contributed by atoms with Gasteiger partial charge in [0.25, 0.3) is 10.0 Å². The number of rotatable bonds is 8. The van der Waals surface area contributed by atoms with E-state index in [1.54, 1.807) is 60.7 Å². The predicted octanol–water partition coefficient (Wildman–Crippen LogP) is 6.89. The zero-order chi connectivity index (χ0) is 26.6. The van der Waals surface area contributed by atoms with Crippen molar-refractivity contribution in [2.75, 3.05) is 16.2 Å². The minimum atomic E-state index is -4.05. The van der Waals surface area contributed by atoms with E-state index in [-0.39, 0.29) is 4.90 Å². The van der Waals surface area contributed by atoms with Crippen LogP contribution in [0.25, 0.3) is 0 Å². The van der Waals surface area contributed by atoms with Crippen LogP contribution in [0, 0.1) is 20.8 Å². The van der Waals surface area contributed by atoms with Crippen molar-refractivity contribution in [3.05, 3.63) is 113 Å². The van der Waals surface area contributed by atoms with Crippen LogP contribution in [0.3, 0.4) is 0 Å². The van der Waals surface area contributed by atoms with Gasteiger partial charge in [-0.25, -0.2) is 8.42 Å². The Bertz CT molecular complexity index is 1520. The third kappa shape index (κ3) is 6.31. The summed E-state index contributed by atoms with van der Waals surface area (Å²) in [5, 5.41) is 3.18. The molecule has 37 heavy (non-hydrogen) atoms. The number of halogens is 1. The highest BCUT2D eigenvalue weighted by Crippen LogP contribution is 2.33. The van der Waals surface area contributed by atoms with E-state index in [4.69, 9.17) is 16.3 Å². The quantitative estimate of drug-likeness (QED) is 0.267. The Morgan fingerprint density at radius 1 is 0.865 bits per heavy atom. The van der Waals surface area contributed by atoms with E-state index in [0.717, 1.165) is 21.0 Å². The number of sulfonamides is 1. The number of anilines is 2. The van der Waals surface area contributed by atoms with Crippen LogP contribution < -0.4 is 14.4 Å². The molecule has 0 aliphatic heterocycles. The average Bonchev–Trinajstić information content (AvgIpc) is 2.86. The van der Waals surface area contributed by atoms with Crippen molar-refractivity contribution < 1.29 is 17.9 Å². The molecule has 4 rings (SSSR count). The van der Waals surface area contributed by atoms with Gasteiger partial charge >= 0.3 is 0 Å². The van der Waals surface area contributed by atoms with Crippen LogP contribution in [0.15, 0.2) is 95.9 Å². The molecule has 1 amide bonds. The number of para-hydroxylation sites is 1. The van der Waals surface area contributed by atoms with Crippen LogP contribution in [0.1, 0.15) is 16.7 Å². The standard InChI is InChI=1S/C29H27ClN2O4S/c1-20-10-14-25(15-11-20)37(34,35)32(27-17-21(2)9-12-22(27)3)19-29(33)31-26-18-23(30)13-16-28(26)36-24-7-5-4-6-8-24/h4-18H,19H2,1-3H3,(H,31,33). The summed E-state index contributed by atoms with van der Waals surface area (Å²) in [6.45, 7) is 5.12. The Balaban J connectivity index is 1.68. The summed E-state index contributed by atoms with van der Waals surface area (Å²) in [5.74, 6) is 0.416. The lowest BCUT2D eigenvalue weighted by atomic mass is 10.1. The SMILES string of the molecule is Cc1ccc(S(=O)(=O)N(CC(=O)Nc2cc(Cl)ccc2Oc2ccccc2)c2cc(C)ccc2C)cc1. The van der Waals surface area contributed by atoms with E-state index in [2.05, 4.69) is 5.32 Å². The molecule has 1 N–H and O–H groups in total. The summed E-state index contributed by atoms with van der Waals surface area (Å²) in [4.78, 5) is 13.4. The molecule has 8 heteroatoms. The van der Waals surface area contributed by atoms with Crippen molar-refractivity contribution in [2.24, 2.45) is 0 Å². The smallest absolute Gasteiger partial charge is 0.264 e. The van der Waals surface area contributed by atoms with Gasteiger partial charge < -0.3 is 10.1 Å². The lowest BCUT2D eigenvalue weighted by Crippen LogP contribution is -2.38. The molecule has 0 saturated heterocycles. The number of hydrogen-bond donors (Lipinski definition) is 1. The Kier molecular flexibility index (Phi) is 7.86. The van der Waals surface area contributed by atoms with Crippen LogP contribution in [0.4, 0.5) is 11.4 Å². The van der Waals surface area contributed by atoms with Gasteiger partial charge in [0.2, 0.25) is 5.91 Å². The zero-order valence-electron chi connectivity index (χ0n) is 20.7. The third-order valence-corrected chi connectivity index (χ3v) is 7.73. The number of nitrogens with one attached hydrogen (secondary N) is 1. The number of ether oxygens (including phenoxy) is 1. The van der Waals surface area contributed by atoms with Crippen molar-refractivity contribution in [1.29, 1.82) is 0 Å². The maximum atomic E-state index is 13.8. The first-order valence-corrected chi connectivity index (χ1v) is 13.4. The van der Waals surface area contributed by atoms with Crippen LogP contribution in [0.2, 0.25) is 5.02 Å². The molecule has 0 atom stereocenters. The van der Waals surface area contributed by atoms with Crippen LogP contribution in [-0.4, -0.2) is 20.9 Å². The second kappa shape index (κ2) is 11.1. The van der Waals surface area contributed by atoms with Gasteiger partial charge in [0.05, 0.1) is 16.3 Å². The number of benzene rings is 4. The first-order valence-electron chi connectivity index (χ1n) is 11.6. The van der Waals surface area contributed by atoms with Gasteiger partial charge in [-0.2, -0.15) is 0 Å². The van der Waals surface area contributed by atoms with Gasteiger partial charge in [0.1, 0.15) is 12.3 Å². The molecule has 0 radical (unpaired) electrons. The number of nitrogens with zero attached hydrogens (tertiary/aromatic N) is 1. The Morgan fingerprint density at radius 3 is 2.24 bits per heavy atom. The van der Waals surface area contributed by atoms with Gasteiger partial charge in [-0.3, -0.25) is 9.10 Å². The predicted molar refractivity (Wildman–Crippen MR) is 148 cm³/mol. The maximum Gasteiger partial charge on any atom is 0.264 e. The first-order chi connectivity index (χ1) is 17.6. The number of amides is 1. The van der Waals surface area contributed by atoms with Crippen LogP contribution in [0.5, 0.6) is 11.5 Å². The second-order valence-electron chi connectivity index (χ2n) is 8.72. The molecule has 0 aliphatic carbocycles. The summed E-state index contributed by atoms with van der Waals surface area (Å²) < 4.78 is 34.6. The summed E-state index contributed by atoms with van der Waals surface area (Å²) in [6.07, 6.45) is 0. The lowest BCUT2D eigenvalue weighted by molar-refractivity contribution is -0.114. The number of carbonyl (C=O) groups is 1. The van der Waals surface area contributed by atoms with Gasteiger partial charge in [0, 0.05) is 5.02 Å². The fourth-order valence-electron chi connectivity index (χ4n) is 3.75. The van der Waals surface area contributed by atoms with Crippen molar-refractivity contribution in [2.45, 2.75) is 25.7 Å². The van der Waals surface area contributed by atoms with Crippen molar-refractivity contribution >= 4 is 38.9 Å². The molecule has 0 fully saturated rings. The van der Waals surface area contributed by atoms with E-state index >= 15 is 0 Å². The fourth-order valence-corrected chi connectivity index (χ4v) is 5.40. The average molecular weight is 535 g/mol. The van der Waals surface area contributed by atoms with E-state index in [1.807, 2.05) is 51.1 Å². The highest BCUT2D eigenvalue weighted by molar-refractivity contribution is 7.92. The summed E-state index contributed by atoms with van der Waals surface area (Å²) in [5.41, 5.74) is 3.29. The van der Waals surface area contributed by atoms with E-state index in [1.165, 1.54) is 0 Å². The normalized spacial score (nSPS) is 11.1. The van der Waals surface area contributed by atoms with Gasteiger partial charge in [-0.1, -0.05) is 59.6 Å². The molecule has 0 bridgehead atoms. The van der Waals surface area contributed by atoms with E-state index in [0.29, 0.717) is 27.9 Å². The Morgan fingerprint density at radius 2 is 1.54 bits per heavy atom. The molecule has 0 spiro atoms. The molecular weight excluding hydrogens is 508 g/mol. The van der Waals surface area contributed by atoms with Crippen LogP contribution >= 0.6 is 11.6 Å². The largest absolute Gasteiger partial charge is 0.455 e. The second-order valence-corrected chi connectivity index (χ2v) is 11.0. The van der Waals surface area contributed by atoms with E-state index in [9.17, 15) is 13.2 Å². The minimum absolute atomic E-state index is 0.0997. The lowest BCUT2D eigenvalue weighted by Gasteiger charge is -2.26. The Hall–Kier alpha value is -3.81. The molecule has 0 unspecified atom stereocenters. The summed E-state index contributed by atoms with van der Waals surface area (Å²) >= 11 is 6.20. The first kappa shape index (κ1) is 26.3. The fraction of sp³-hybridized carbons (Fsp3) is 0.138. The van der Waals surface area contributed by atoms with Gasteiger partial charge in [-0.15, -0.1) is 0 Å². The molecule has 4 aromatic carbocycles. The number of hydrogen-bond acceptors (Lipinski definition) is 4. The van der Waals surface area contributed by atoms with Crippen molar-refractivity contribution in [3.8, 4) is 11.5 Å². The number of carbonyl (C=O) groups excluding carboxylic acids is 1. The molecule has 0 heterocycles. The van der Waals surface area contributed by atoms with Gasteiger partial charge in [0.15, 0.2) is 5.75 Å². The molecule has 0 saturated carbocycles.